The zero-order valence-corrected chi connectivity index (χ0v) is 11.2. The molecule has 0 spiro atoms. The molecular weight excluding hydrogens is 261 g/mol. The Morgan fingerprint density at radius 1 is 1.30 bits per heavy atom. The molecule has 0 unspecified atom stereocenters. The van der Waals surface area contributed by atoms with E-state index in [0.717, 1.165) is 0 Å². The van der Waals surface area contributed by atoms with Crippen molar-refractivity contribution in [2.45, 2.75) is 6.54 Å². The van der Waals surface area contributed by atoms with Crippen molar-refractivity contribution in [1.82, 2.24) is 4.90 Å². The van der Waals surface area contributed by atoms with Gasteiger partial charge in [0.2, 0.25) is 0 Å². The summed E-state index contributed by atoms with van der Waals surface area (Å²) in [5, 5.41) is 0. The highest BCUT2D eigenvalue weighted by Gasteiger charge is 2.17. The van der Waals surface area contributed by atoms with E-state index >= 15 is 0 Å². The van der Waals surface area contributed by atoms with Gasteiger partial charge in [-0.3, -0.25) is 4.79 Å². The zero-order valence-electron chi connectivity index (χ0n) is 11.2. The van der Waals surface area contributed by atoms with E-state index in [-0.39, 0.29) is 11.7 Å². The van der Waals surface area contributed by atoms with Gasteiger partial charge in [-0.05, 0) is 36.4 Å². The Hall–Kier alpha value is -2.14. The van der Waals surface area contributed by atoms with E-state index < -0.39 is 0 Å². The number of methoxy groups -OCH3 is 1. The number of ether oxygens (including phenoxy) is 1. The fourth-order valence-corrected chi connectivity index (χ4v) is 1.82. The lowest BCUT2D eigenvalue weighted by molar-refractivity contribution is 0.0666. The van der Waals surface area contributed by atoms with Crippen molar-refractivity contribution in [3.8, 4) is 0 Å². The number of benzene rings is 1. The Kier molecular flexibility index (Phi) is 4.90. The van der Waals surface area contributed by atoms with Gasteiger partial charge in [0.1, 0.15) is 11.6 Å². The van der Waals surface area contributed by atoms with Crippen LogP contribution < -0.4 is 0 Å². The first-order valence-electron chi connectivity index (χ1n) is 6.27. The van der Waals surface area contributed by atoms with E-state index in [9.17, 15) is 9.18 Å². The van der Waals surface area contributed by atoms with Gasteiger partial charge in [0, 0.05) is 19.2 Å². The molecule has 0 radical (unpaired) electrons. The van der Waals surface area contributed by atoms with Crippen LogP contribution in [0.1, 0.15) is 16.1 Å². The summed E-state index contributed by atoms with van der Waals surface area (Å²) in [6.07, 6.45) is 1.56. The van der Waals surface area contributed by atoms with Crippen molar-refractivity contribution in [3.63, 3.8) is 0 Å². The molecule has 0 fully saturated rings. The third-order valence-electron chi connectivity index (χ3n) is 2.87. The zero-order chi connectivity index (χ0) is 14.4. The molecule has 2 aromatic rings. The van der Waals surface area contributed by atoms with E-state index in [0.29, 0.717) is 31.0 Å². The summed E-state index contributed by atoms with van der Waals surface area (Å²) in [6, 6.07) is 9.06. The van der Waals surface area contributed by atoms with Gasteiger partial charge in [-0.2, -0.15) is 0 Å². The summed E-state index contributed by atoms with van der Waals surface area (Å²) in [6.45, 7) is 1.22. The molecule has 0 N–H and O–H groups in total. The first-order valence-corrected chi connectivity index (χ1v) is 6.27. The Morgan fingerprint density at radius 2 is 2.05 bits per heavy atom. The SMILES string of the molecule is COCCN(Cc1ccco1)C(=O)c1ccc(F)cc1. The number of carbonyl (C=O) groups excluding carboxylic acids is 1. The van der Waals surface area contributed by atoms with E-state index in [1.54, 1.807) is 30.4 Å². The molecule has 0 aliphatic heterocycles. The second-order valence-electron chi connectivity index (χ2n) is 4.31. The van der Waals surface area contributed by atoms with Gasteiger partial charge in [0.25, 0.3) is 5.91 Å². The Labute approximate surface area is 116 Å². The first-order chi connectivity index (χ1) is 9.70. The fraction of sp³-hybridized carbons (Fsp3) is 0.267. The smallest absolute Gasteiger partial charge is 0.254 e. The van der Waals surface area contributed by atoms with Crippen molar-refractivity contribution in [3.05, 3.63) is 59.8 Å². The number of rotatable bonds is 6. The number of hydrogen-bond acceptors (Lipinski definition) is 3. The van der Waals surface area contributed by atoms with Crippen LogP contribution in [0.15, 0.2) is 47.1 Å². The molecule has 1 heterocycles. The lowest BCUT2D eigenvalue weighted by Crippen LogP contribution is -2.33. The topological polar surface area (TPSA) is 42.7 Å². The van der Waals surface area contributed by atoms with Crippen LogP contribution in [-0.4, -0.2) is 31.1 Å². The second-order valence-corrected chi connectivity index (χ2v) is 4.31. The molecule has 1 aromatic heterocycles. The molecule has 4 nitrogen and oxygen atoms in total. The molecule has 1 aromatic carbocycles. The first kappa shape index (κ1) is 14.3. The van der Waals surface area contributed by atoms with Crippen molar-refractivity contribution in [2.75, 3.05) is 20.3 Å². The fourth-order valence-electron chi connectivity index (χ4n) is 1.82. The minimum absolute atomic E-state index is 0.182. The van der Waals surface area contributed by atoms with Gasteiger partial charge in [-0.15, -0.1) is 0 Å². The van der Waals surface area contributed by atoms with Gasteiger partial charge in [-0.1, -0.05) is 0 Å². The number of carbonyl (C=O) groups is 1. The number of nitrogens with zero attached hydrogens (tertiary/aromatic N) is 1. The minimum Gasteiger partial charge on any atom is -0.467 e. The highest BCUT2D eigenvalue weighted by Crippen LogP contribution is 2.11. The van der Waals surface area contributed by atoms with Crippen molar-refractivity contribution >= 4 is 5.91 Å². The monoisotopic (exact) mass is 277 g/mol. The molecule has 0 saturated heterocycles. The summed E-state index contributed by atoms with van der Waals surface area (Å²) >= 11 is 0. The lowest BCUT2D eigenvalue weighted by Gasteiger charge is -2.21. The van der Waals surface area contributed by atoms with Crippen molar-refractivity contribution < 1.29 is 18.3 Å². The molecular formula is C15H16FNO3. The van der Waals surface area contributed by atoms with Gasteiger partial charge >= 0.3 is 0 Å². The number of furan rings is 1. The minimum atomic E-state index is -0.365. The summed E-state index contributed by atoms with van der Waals surface area (Å²) in [4.78, 5) is 14.0. The van der Waals surface area contributed by atoms with Gasteiger partial charge in [0.05, 0.1) is 19.4 Å². The summed E-state index contributed by atoms with van der Waals surface area (Å²) in [7, 11) is 1.58. The average molecular weight is 277 g/mol. The molecule has 106 valence electrons. The maximum atomic E-state index is 12.9. The standard InChI is InChI=1S/C15H16FNO3/c1-19-10-8-17(11-14-3-2-9-20-14)15(18)12-4-6-13(16)7-5-12/h2-7,9H,8,10-11H2,1H3. The van der Waals surface area contributed by atoms with Crippen LogP contribution in [0.25, 0.3) is 0 Å². The summed E-state index contributed by atoms with van der Waals surface area (Å²) in [5.74, 6) is 0.144. The molecule has 0 aliphatic carbocycles. The predicted octanol–water partition coefficient (Wildman–Crippen LogP) is 2.71. The van der Waals surface area contributed by atoms with Crippen LogP contribution in [0.5, 0.6) is 0 Å². The van der Waals surface area contributed by atoms with E-state index in [4.69, 9.17) is 9.15 Å². The van der Waals surface area contributed by atoms with Crippen LogP contribution >= 0.6 is 0 Å². The van der Waals surface area contributed by atoms with Crippen LogP contribution in [0, 0.1) is 5.82 Å². The maximum absolute atomic E-state index is 12.9. The third-order valence-corrected chi connectivity index (χ3v) is 2.87. The van der Waals surface area contributed by atoms with Crippen molar-refractivity contribution in [2.24, 2.45) is 0 Å². The molecule has 1 amide bonds. The highest BCUT2D eigenvalue weighted by atomic mass is 19.1. The predicted molar refractivity (Wildman–Crippen MR) is 71.7 cm³/mol. The van der Waals surface area contributed by atoms with Gasteiger partial charge in [0.15, 0.2) is 0 Å². The van der Waals surface area contributed by atoms with E-state index in [1.165, 1.54) is 24.3 Å². The van der Waals surface area contributed by atoms with Crippen LogP contribution in [0.4, 0.5) is 4.39 Å². The second kappa shape index (κ2) is 6.86. The van der Waals surface area contributed by atoms with Crippen LogP contribution in [0.3, 0.4) is 0 Å². The molecule has 5 heteroatoms. The van der Waals surface area contributed by atoms with E-state index in [2.05, 4.69) is 0 Å². The Balaban J connectivity index is 2.12. The van der Waals surface area contributed by atoms with E-state index in [1.807, 2.05) is 0 Å². The van der Waals surface area contributed by atoms with Crippen molar-refractivity contribution in [1.29, 1.82) is 0 Å². The number of halogens is 1. The molecule has 2 rings (SSSR count). The summed E-state index contributed by atoms with van der Waals surface area (Å²) in [5.41, 5.74) is 0.439. The van der Waals surface area contributed by atoms with Crippen LogP contribution in [-0.2, 0) is 11.3 Å². The normalized spacial score (nSPS) is 10.5. The molecule has 0 saturated carbocycles. The Morgan fingerprint density at radius 3 is 2.65 bits per heavy atom. The van der Waals surface area contributed by atoms with Gasteiger partial charge < -0.3 is 14.1 Å². The Bertz CT molecular complexity index is 537. The molecule has 0 aliphatic rings. The third kappa shape index (κ3) is 3.68. The maximum Gasteiger partial charge on any atom is 0.254 e. The lowest BCUT2D eigenvalue weighted by atomic mass is 10.2. The molecule has 20 heavy (non-hydrogen) atoms. The molecule has 0 atom stereocenters. The summed E-state index contributed by atoms with van der Waals surface area (Å²) < 4.78 is 23.2. The average Bonchev–Trinajstić information content (AvgIpc) is 2.96. The number of hydrogen-bond donors (Lipinski definition) is 0. The van der Waals surface area contributed by atoms with Gasteiger partial charge in [-0.25, -0.2) is 4.39 Å². The largest absolute Gasteiger partial charge is 0.467 e. The molecule has 0 bridgehead atoms. The quantitative estimate of drug-likeness (QED) is 0.815. The van der Waals surface area contributed by atoms with Crippen LogP contribution in [0.2, 0.25) is 0 Å². The highest BCUT2D eigenvalue weighted by molar-refractivity contribution is 5.94. The number of amides is 1.